The third-order valence-corrected chi connectivity index (χ3v) is 8.95. The van der Waals surface area contributed by atoms with E-state index >= 15 is 0 Å². The summed E-state index contributed by atoms with van der Waals surface area (Å²) >= 11 is 0. The normalized spacial score (nSPS) is 24.8. The standard InChI is InChI=1S/C34H44FNO4/c1-3-25(17-19-39-18-7-6-8-24-11-14-27(35)15-12-24)26-13-16-29-30-9-4-5-10-32(30)36-22-28(38)21-33(40-23(2)37)34(36)31(29)20-26/h11-16,20,25,28,31-32,38H,3-10,17-19,21-22H2,1-2H3/t25-,28+,31?,32-/m0/s1. The molecule has 0 bridgehead atoms. The quantitative estimate of drug-likeness (QED) is 0.243. The van der Waals surface area contributed by atoms with Gasteiger partial charge in [0.15, 0.2) is 0 Å². The zero-order chi connectivity index (χ0) is 28.1. The summed E-state index contributed by atoms with van der Waals surface area (Å²) < 4.78 is 24.9. The van der Waals surface area contributed by atoms with Crippen molar-refractivity contribution in [2.75, 3.05) is 19.8 Å². The van der Waals surface area contributed by atoms with Crippen LogP contribution in [0.4, 0.5) is 4.39 Å². The Balaban J connectivity index is 1.25. The zero-order valence-electron chi connectivity index (χ0n) is 24.0. The lowest BCUT2D eigenvalue weighted by Gasteiger charge is -2.50. The van der Waals surface area contributed by atoms with E-state index < -0.39 is 6.10 Å². The van der Waals surface area contributed by atoms with Gasteiger partial charge in [0, 0.05) is 39.0 Å². The van der Waals surface area contributed by atoms with Gasteiger partial charge in [0.1, 0.15) is 11.6 Å². The molecule has 4 atom stereocenters. The van der Waals surface area contributed by atoms with Gasteiger partial charge in [-0.05, 0) is 91.7 Å². The highest BCUT2D eigenvalue weighted by Gasteiger charge is 2.44. The number of unbranched alkanes of at least 4 members (excludes halogenated alkanes) is 1. The first kappa shape index (κ1) is 28.8. The van der Waals surface area contributed by atoms with Crippen molar-refractivity contribution in [3.8, 4) is 0 Å². The van der Waals surface area contributed by atoms with Crippen LogP contribution in [0.1, 0.15) is 77.2 Å². The number of carbonyl (C=O) groups is 1. The SMILES string of the molecule is CC[C@@H](CCOCCCCc1ccc(F)cc1)C1=CC2C(=C3CCCC[C@@H]3N3C[C@H](O)CC(OC(C)=O)=C23)C=C1. The van der Waals surface area contributed by atoms with E-state index in [4.69, 9.17) is 9.47 Å². The second-order valence-corrected chi connectivity index (χ2v) is 11.7. The van der Waals surface area contributed by atoms with E-state index in [1.54, 1.807) is 0 Å². The van der Waals surface area contributed by atoms with Crippen LogP contribution in [0.25, 0.3) is 0 Å². The lowest BCUT2D eigenvalue weighted by atomic mass is 9.71. The Hall–Kier alpha value is -2.70. The van der Waals surface area contributed by atoms with Crippen LogP contribution >= 0.6 is 0 Å². The number of hydrogen-bond acceptors (Lipinski definition) is 5. The molecule has 4 aliphatic rings. The van der Waals surface area contributed by atoms with Crippen LogP contribution in [-0.4, -0.2) is 47.9 Å². The van der Waals surface area contributed by atoms with Crippen molar-refractivity contribution < 1.29 is 23.8 Å². The van der Waals surface area contributed by atoms with Crippen LogP contribution in [0, 0.1) is 17.7 Å². The van der Waals surface area contributed by atoms with Crippen LogP contribution in [0.15, 0.2) is 70.7 Å². The third-order valence-electron chi connectivity index (χ3n) is 8.95. The van der Waals surface area contributed by atoms with Crippen molar-refractivity contribution in [1.82, 2.24) is 4.90 Å². The zero-order valence-corrected chi connectivity index (χ0v) is 24.0. The predicted molar refractivity (Wildman–Crippen MR) is 155 cm³/mol. The summed E-state index contributed by atoms with van der Waals surface area (Å²) in [4.78, 5) is 14.4. The van der Waals surface area contributed by atoms with Crippen molar-refractivity contribution in [3.63, 3.8) is 0 Å². The van der Waals surface area contributed by atoms with Crippen LogP contribution in [0.5, 0.6) is 0 Å². The van der Waals surface area contributed by atoms with Gasteiger partial charge in [-0.1, -0.05) is 43.7 Å². The molecule has 216 valence electrons. The molecule has 6 heteroatoms. The summed E-state index contributed by atoms with van der Waals surface area (Å²) in [5, 5.41) is 10.7. The van der Waals surface area contributed by atoms with Gasteiger partial charge in [-0.25, -0.2) is 4.39 Å². The van der Waals surface area contributed by atoms with Crippen molar-refractivity contribution in [3.05, 3.63) is 82.0 Å². The number of rotatable bonds is 11. The molecule has 2 aliphatic carbocycles. The summed E-state index contributed by atoms with van der Waals surface area (Å²) in [7, 11) is 0. The Kier molecular flexibility index (Phi) is 9.59. The van der Waals surface area contributed by atoms with E-state index in [1.165, 1.54) is 48.6 Å². The molecular formula is C34H44FNO4. The molecule has 1 fully saturated rings. The summed E-state index contributed by atoms with van der Waals surface area (Å²) in [6.45, 7) is 5.74. The summed E-state index contributed by atoms with van der Waals surface area (Å²) in [6.07, 6.45) is 16.4. The Morgan fingerprint density at radius 3 is 2.75 bits per heavy atom. The van der Waals surface area contributed by atoms with E-state index in [0.29, 0.717) is 24.6 Å². The number of hydrogen-bond donors (Lipinski definition) is 1. The van der Waals surface area contributed by atoms with Gasteiger partial charge < -0.3 is 19.5 Å². The maximum absolute atomic E-state index is 13.1. The Morgan fingerprint density at radius 2 is 1.98 bits per heavy atom. The molecule has 40 heavy (non-hydrogen) atoms. The molecule has 0 amide bonds. The van der Waals surface area contributed by atoms with Crippen molar-refractivity contribution >= 4 is 5.97 Å². The second-order valence-electron chi connectivity index (χ2n) is 11.7. The van der Waals surface area contributed by atoms with E-state index in [2.05, 4.69) is 30.1 Å². The van der Waals surface area contributed by atoms with Crippen LogP contribution in [0.3, 0.4) is 0 Å². The number of fused-ring (bicyclic) bond motifs is 5. The van der Waals surface area contributed by atoms with Gasteiger partial charge in [-0.15, -0.1) is 0 Å². The lowest BCUT2D eigenvalue weighted by Crippen LogP contribution is -2.50. The molecule has 2 heterocycles. The smallest absolute Gasteiger partial charge is 0.307 e. The average molecular weight is 550 g/mol. The molecule has 0 aromatic heterocycles. The number of carbonyl (C=O) groups excluding carboxylic acids is 1. The first-order valence-electron chi connectivity index (χ1n) is 15.3. The van der Waals surface area contributed by atoms with Gasteiger partial charge in [0.05, 0.1) is 17.8 Å². The first-order valence-corrected chi connectivity index (χ1v) is 15.3. The molecule has 0 saturated heterocycles. The average Bonchev–Trinajstić information content (AvgIpc) is 2.95. The third kappa shape index (κ3) is 6.60. The minimum Gasteiger partial charge on any atom is -0.429 e. The lowest BCUT2D eigenvalue weighted by molar-refractivity contribution is -0.138. The van der Waals surface area contributed by atoms with E-state index in [0.717, 1.165) is 69.4 Å². The molecule has 1 aromatic rings. The summed E-state index contributed by atoms with van der Waals surface area (Å²) in [5.41, 5.74) is 6.44. The molecule has 5 rings (SSSR count). The molecule has 2 aliphatic heterocycles. The number of ether oxygens (including phenoxy) is 2. The fourth-order valence-electron chi connectivity index (χ4n) is 7.01. The monoisotopic (exact) mass is 549 g/mol. The molecule has 5 nitrogen and oxygen atoms in total. The minimum absolute atomic E-state index is 0.0626. The number of esters is 1. The number of aryl methyl sites for hydroxylation is 1. The van der Waals surface area contributed by atoms with E-state index in [-0.39, 0.29) is 23.7 Å². The molecule has 1 saturated carbocycles. The molecule has 1 N–H and O–H groups in total. The molecule has 0 spiro atoms. The summed E-state index contributed by atoms with van der Waals surface area (Å²) in [5.74, 6) is 0.584. The Bertz CT molecular complexity index is 1180. The van der Waals surface area contributed by atoms with Gasteiger partial charge in [-0.2, -0.15) is 0 Å². The van der Waals surface area contributed by atoms with Gasteiger partial charge in [0.2, 0.25) is 0 Å². The molecular weight excluding hydrogens is 505 g/mol. The maximum Gasteiger partial charge on any atom is 0.307 e. The molecule has 1 aromatic carbocycles. The van der Waals surface area contributed by atoms with Crippen molar-refractivity contribution in [2.24, 2.45) is 11.8 Å². The van der Waals surface area contributed by atoms with Crippen molar-refractivity contribution in [1.29, 1.82) is 0 Å². The van der Waals surface area contributed by atoms with Gasteiger partial charge in [0.25, 0.3) is 0 Å². The van der Waals surface area contributed by atoms with Crippen molar-refractivity contribution in [2.45, 2.75) is 90.2 Å². The highest BCUT2D eigenvalue weighted by molar-refractivity contribution is 5.67. The number of allylic oxidation sites excluding steroid dienone is 4. The van der Waals surface area contributed by atoms with Gasteiger partial charge in [-0.3, -0.25) is 4.79 Å². The first-order chi connectivity index (χ1) is 19.4. The fourth-order valence-corrected chi connectivity index (χ4v) is 7.01. The molecule has 0 radical (unpaired) electrons. The fraction of sp³-hybridized carbons (Fsp3) is 0.559. The minimum atomic E-state index is -0.526. The predicted octanol–water partition coefficient (Wildman–Crippen LogP) is 6.79. The second kappa shape index (κ2) is 13.3. The number of aliphatic hydroxyl groups is 1. The van der Waals surface area contributed by atoms with E-state index in [9.17, 15) is 14.3 Å². The van der Waals surface area contributed by atoms with Crippen LogP contribution in [0.2, 0.25) is 0 Å². The highest BCUT2D eigenvalue weighted by atomic mass is 19.1. The number of nitrogens with zero attached hydrogens (tertiary/aromatic N) is 1. The summed E-state index contributed by atoms with van der Waals surface area (Å²) in [6, 6.07) is 7.04. The highest BCUT2D eigenvalue weighted by Crippen LogP contribution is 2.48. The van der Waals surface area contributed by atoms with E-state index in [1.807, 2.05) is 12.1 Å². The van der Waals surface area contributed by atoms with Crippen LogP contribution in [-0.2, 0) is 20.7 Å². The number of aliphatic hydroxyl groups excluding tert-OH is 1. The number of benzene rings is 1. The topological polar surface area (TPSA) is 59.0 Å². The Morgan fingerprint density at radius 1 is 1.15 bits per heavy atom. The van der Waals surface area contributed by atoms with Gasteiger partial charge >= 0.3 is 5.97 Å². The maximum atomic E-state index is 13.1. The Labute approximate surface area is 238 Å². The molecule has 1 unspecified atom stereocenters. The van der Waals surface area contributed by atoms with Crippen LogP contribution < -0.4 is 0 Å². The largest absolute Gasteiger partial charge is 0.429 e. The number of halogens is 1.